The van der Waals surface area contributed by atoms with Crippen molar-refractivity contribution in [3.63, 3.8) is 0 Å². The van der Waals surface area contributed by atoms with Gasteiger partial charge in [0.1, 0.15) is 22.3 Å². The van der Waals surface area contributed by atoms with Crippen molar-refractivity contribution in [2.24, 2.45) is 0 Å². The van der Waals surface area contributed by atoms with Crippen LogP contribution in [0, 0.1) is 0 Å². The Kier molecular flexibility index (Phi) is 12.7. The zero-order valence-electron chi connectivity index (χ0n) is 41.6. The molecule has 74 heavy (non-hydrogen) atoms. The third kappa shape index (κ3) is 9.32. The van der Waals surface area contributed by atoms with E-state index in [1.807, 2.05) is 91.0 Å². The Bertz CT molecular complexity index is 3890. The standard InChI is InChI=1S/C39H30N2O2.C15H18N2.C12H7BrO/c1-39(2,25-17-21-27(22-18-25)40-33-13-7-11-31-29-9-3-5-15-35(29)42-37(31)33)26-19-23-28(24-20-26)41-34-14-8-12-32-30-10-4-6-16-36(30)43-38(32)34;1-15(2,11-3-7-13(16)8-4-11)12-5-9-14(17)10-6-12;13-10-6-3-5-9-8-4-1-2-7-11(8)14-12(9)10/h3-24,40-41H,1-2H3;3-10H,16-17H2,1-2H3;1-7H. The van der Waals surface area contributed by atoms with Gasteiger partial charge in [0.2, 0.25) is 0 Å². The highest BCUT2D eigenvalue weighted by molar-refractivity contribution is 9.10. The summed E-state index contributed by atoms with van der Waals surface area (Å²) in [7, 11) is 0. The van der Waals surface area contributed by atoms with Crippen LogP contribution in [0.3, 0.4) is 0 Å². The summed E-state index contributed by atoms with van der Waals surface area (Å²) in [4.78, 5) is 0. The fraction of sp³-hybridized carbons (Fsp3) is 0.0909. The molecule has 8 heteroatoms. The smallest absolute Gasteiger partial charge is 0.158 e. The number of nitrogen functional groups attached to an aromatic ring is 2. The number of hydrogen-bond acceptors (Lipinski definition) is 7. The van der Waals surface area contributed by atoms with Crippen LogP contribution in [0.1, 0.15) is 49.9 Å². The van der Waals surface area contributed by atoms with Crippen molar-refractivity contribution < 1.29 is 13.3 Å². The monoisotopic (exact) mass is 1030 g/mol. The van der Waals surface area contributed by atoms with E-state index in [9.17, 15) is 0 Å². The van der Waals surface area contributed by atoms with Crippen LogP contribution in [0.2, 0.25) is 0 Å². The summed E-state index contributed by atoms with van der Waals surface area (Å²) < 4.78 is 19.1. The van der Waals surface area contributed by atoms with E-state index < -0.39 is 0 Å². The number of furan rings is 3. The van der Waals surface area contributed by atoms with Gasteiger partial charge in [-0.2, -0.15) is 0 Å². The van der Waals surface area contributed by atoms with E-state index in [2.05, 4.69) is 188 Å². The summed E-state index contributed by atoms with van der Waals surface area (Å²) in [6.45, 7) is 8.93. The zero-order chi connectivity index (χ0) is 51.0. The Morgan fingerprint density at radius 1 is 0.324 bits per heavy atom. The lowest BCUT2D eigenvalue weighted by atomic mass is 9.78. The van der Waals surface area contributed by atoms with Gasteiger partial charge >= 0.3 is 0 Å². The quantitative estimate of drug-likeness (QED) is 0.112. The average Bonchev–Trinajstić information content (AvgIpc) is 4.13. The summed E-state index contributed by atoms with van der Waals surface area (Å²) in [5.74, 6) is 0. The molecule has 0 amide bonds. The minimum atomic E-state index is -0.172. The normalized spacial score (nSPS) is 11.7. The molecule has 0 unspecified atom stereocenters. The first kappa shape index (κ1) is 47.6. The van der Waals surface area contributed by atoms with E-state index in [0.29, 0.717) is 0 Å². The van der Waals surface area contributed by atoms with Gasteiger partial charge in [0, 0.05) is 65.9 Å². The second-order valence-corrected chi connectivity index (χ2v) is 20.5. The highest BCUT2D eigenvalue weighted by atomic mass is 79.9. The predicted octanol–water partition coefficient (Wildman–Crippen LogP) is 18.8. The molecule has 13 aromatic rings. The molecular formula is C66H55BrN4O3. The number of para-hydroxylation sites is 6. The first-order valence-corrected chi connectivity index (χ1v) is 25.5. The molecule has 364 valence electrons. The van der Waals surface area contributed by atoms with Crippen LogP contribution in [0.15, 0.2) is 242 Å². The second kappa shape index (κ2) is 19.7. The molecule has 0 fully saturated rings. The Morgan fingerprint density at radius 2 is 0.622 bits per heavy atom. The molecule has 0 radical (unpaired) electrons. The lowest BCUT2D eigenvalue weighted by Gasteiger charge is -2.26. The number of rotatable bonds is 8. The van der Waals surface area contributed by atoms with Gasteiger partial charge in [-0.15, -0.1) is 0 Å². The van der Waals surface area contributed by atoms with Crippen molar-refractivity contribution in [2.75, 3.05) is 22.1 Å². The molecule has 0 spiro atoms. The van der Waals surface area contributed by atoms with Crippen molar-refractivity contribution in [2.45, 2.75) is 38.5 Å². The number of nitrogens with one attached hydrogen (secondary N) is 2. The largest absolute Gasteiger partial charge is 0.455 e. The number of benzene rings is 10. The van der Waals surface area contributed by atoms with Crippen LogP contribution < -0.4 is 22.1 Å². The van der Waals surface area contributed by atoms with Gasteiger partial charge in [0.25, 0.3) is 0 Å². The SMILES string of the molecule is Brc1cccc2c1oc1ccccc12.CC(C)(c1ccc(N)cc1)c1ccc(N)cc1.CC(C)(c1ccc(Nc2cccc3c2oc2ccccc23)cc1)c1ccc(Nc2cccc3c2oc2ccccc23)cc1. The van der Waals surface area contributed by atoms with Gasteiger partial charge in [0.05, 0.1) is 15.8 Å². The fourth-order valence-electron chi connectivity index (χ4n) is 9.79. The fourth-order valence-corrected chi connectivity index (χ4v) is 10.2. The molecule has 6 N–H and O–H groups in total. The molecule has 13 rings (SSSR count). The topological polar surface area (TPSA) is 116 Å². The van der Waals surface area contributed by atoms with Crippen LogP contribution in [0.5, 0.6) is 0 Å². The van der Waals surface area contributed by atoms with Gasteiger partial charge in [-0.3, -0.25) is 0 Å². The summed E-state index contributed by atoms with van der Waals surface area (Å²) in [5, 5.41) is 14.0. The molecule has 3 heterocycles. The molecule has 0 aliphatic carbocycles. The minimum Gasteiger partial charge on any atom is -0.455 e. The highest BCUT2D eigenvalue weighted by Gasteiger charge is 2.24. The van der Waals surface area contributed by atoms with Crippen molar-refractivity contribution in [3.05, 3.63) is 251 Å². The van der Waals surface area contributed by atoms with E-state index in [4.69, 9.17) is 24.7 Å². The maximum Gasteiger partial charge on any atom is 0.158 e. The Labute approximate surface area is 438 Å². The van der Waals surface area contributed by atoms with Crippen LogP contribution in [-0.4, -0.2) is 0 Å². The second-order valence-electron chi connectivity index (χ2n) is 19.7. The van der Waals surface area contributed by atoms with Crippen LogP contribution in [0.25, 0.3) is 65.8 Å². The predicted molar refractivity (Wildman–Crippen MR) is 314 cm³/mol. The van der Waals surface area contributed by atoms with Crippen molar-refractivity contribution >= 4 is 116 Å². The van der Waals surface area contributed by atoms with E-state index in [1.54, 1.807) is 0 Å². The molecule has 0 saturated carbocycles. The van der Waals surface area contributed by atoms with Crippen LogP contribution in [-0.2, 0) is 10.8 Å². The Hall–Kier alpha value is -8.72. The minimum absolute atomic E-state index is 0.0403. The Morgan fingerprint density at radius 3 is 1.00 bits per heavy atom. The summed E-state index contributed by atoms with van der Waals surface area (Å²) in [6.07, 6.45) is 0. The van der Waals surface area contributed by atoms with E-state index in [-0.39, 0.29) is 10.8 Å². The first-order chi connectivity index (χ1) is 35.9. The number of fused-ring (bicyclic) bond motifs is 9. The summed E-state index contributed by atoms with van der Waals surface area (Å²) in [5.41, 5.74) is 27.1. The molecule has 0 saturated heterocycles. The molecule has 0 bridgehead atoms. The molecular weight excluding hydrogens is 977 g/mol. The summed E-state index contributed by atoms with van der Waals surface area (Å²) >= 11 is 3.48. The van der Waals surface area contributed by atoms with Crippen LogP contribution in [0.4, 0.5) is 34.1 Å². The third-order valence-electron chi connectivity index (χ3n) is 14.2. The maximum absolute atomic E-state index is 6.20. The summed E-state index contributed by atoms with van der Waals surface area (Å²) in [6, 6.07) is 76.4. The molecule has 10 aromatic carbocycles. The van der Waals surface area contributed by atoms with Crippen molar-refractivity contribution in [1.82, 2.24) is 0 Å². The number of hydrogen-bond donors (Lipinski definition) is 4. The zero-order valence-corrected chi connectivity index (χ0v) is 43.2. The Balaban J connectivity index is 0.000000154. The van der Waals surface area contributed by atoms with Gasteiger partial charge in [-0.05, 0) is 123 Å². The number of anilines is 6. The van der Waals surface area contributed by atoms with Gasteiger partial charge in [0.15, 0.2) is 11.2 Å². The molecule has 0 aliphatic rings. The molecule has 3 aromatic heterocycles. The lowest BCUT2D eigenvalue weighted by molar-refractivity contribution is 0.641. The molecule has 0 atom stereocenters. The van der Waals surface area contributed by atoms with E-state index >= 15 is 0 Å². The van der Waals surface area contributed by atoms with Crippen LogP contribution >= 0.6 is 15.9 Å². The van der Waals surface area contributed by atoms with Crippen molar-refractivity contribution in [1.29, 1.82) is 0 Å². The van der Waals surface area contributed by atoms with Gasteiger partial charge < -0.3 is 35.4 Å². The third-order valence-corrected chi connectivity index (χ3v) is 14.8. The number of halogens is 1. The first-order valence-electron chi connectivity index (χ1n) is 24.7. The van der Waals surface area contributed by atoms with Gasteiger partial charge in [-0.25, -0.2) is 0 Å². The van der Waals surface area contributed by atoms with E-state index in [1.165, 1.54) is 27.6 Å². The van der Waals surface area contributed by atoms with Crippen molar-refractivity contribution in [3.8, 4) is 0 Å². The lowest BCUT2D eigenvalue weighted by Crippen LogP contribution is -2.18. The number of nitrogens with two attached hydrogens (primary N) is 2. The van der Waals surface area contributed by atoms with Gasteiger partial charge in [-0.1, -0.05) is 167 Å². The molecule has 0 aliphatic heterocycles. The van der Waals surface area contributed by atoms with E-state index in [0.717, 1.165) is 99.0 Å². The maximum atomic E-state index is 6.20. The highest BCUT2D eigenvalue weighted by Crippen LogP contribution is 2.39. The average molecular weight is 1030 g/mol. The molecule has 7 nitrogen and oxygen atoms in total.